The second kappa shape index (κ2) is 5.16. The Morgan fingerprint density at radius 1 is 1.28 bits per heavy atom. The average molecular weight is 270 g/mol. The molecule has 18 heavy (non-hydrogen) atoms. The molecule has 5 nitrogen and oxygen atoms in total. The van der Waals surface area contributed by atoms with Crippen LogP contribution in [0.15, 0.2) is 18.2 Å². The third kappa shape index (κ3) is 3.36. The van der Waals surface area contributed by atoms with E-state index >= 15 is 0 Å². The molecule has 0 amide bonds. The Kier molecular flexibility index (Phi) is 3.77. The molecule has 0 bridgehead atoms. The normalized spacial score (nSPS) is 20.4. The molecule has 1 aliphatic rings. The molecule has 0 spiro atoms. The second-order valence-corrected chi connectivity index (χ2v) is 6.98. The quantitative estimate of drug-likeness (QED) is 0.607. The highest BCUT2D eigenvalue weighted by Crippen LogP contribution is 2.21. The predicted octanol–water partition coefficient (Wildman–Crippen LogP) is 0.595. The van der Waals surface area contributed by atoms with Gasteiger partial charge in [0, 0.05) is 13.1 Å². The third-order valence-corrected chi connectivity index (χ3v) is 4.86. The van der Waals surface area contributed by atoms with Crippen molar-refractivity contribution in [3.05, 3.63) is 23.8 Å². The van der Waals surface area contributed by atoms with Crippen molar-refractivity contribution >= 4 is 15.5 Å². The number of nitrogens with zero attached hydrogens (tertiary/aromatic N) is 1. The SMILES string of the molecule is Nc1cc(CN2CCCS(=O)(=O)CC2)ccc1O. The van der Waals surface area contributed by atoms with Gasteiger partial charge in [-0.3, -0.25) is 4.90 Å². The van der Waals surface area contributed by atoms with Gasteiger partial charge in [0.25, 0.3) is 0 Å². The standard InChI is InChI=1S/C12H18N2O3S/c13-11-8-10(2-3-12(11)15)9-14-4-1-6-18(16,17)7-5-14/h2-3,8,15H,1,4-7,9,13H2. The van der Waals surface area contributed by atoms with Crippen molar-refractivity contribution in [2.45, 2.75) is 13.0 Å². The molecule has 1 aromatic carbocycles. The van der Waals surface area contributed by atoms with E-state index in [1.165, 1.54) is 0 Å². The first-order chi connectivity index (χ1) is 8.46. The molecule has 0 unspecified atom stereocenters. The summed E-state index contributed by atoms with van der Waals surface area (Å²) in [4.78, 5) is 2.11. The number of nitrogen functional groups attached to an aromatic ring is 1. The second-order valence-electron chi connectivity index (χ2n) is 4.67. The lowest BCUT2D eigenvalue weighted by molar-refractivity contribution is 0.287. The number of phenols is 1. The molecule has 0 aliphatic carbocycles. The molecule has 0 saturated carbocycles. The number of sulfone groups is 1. The molecule has 1 saturated heterocycles. The Morgan fingerprint density at radius 2 is 2.06 bits per heavy atom. The van der Waals surface area contributed by atoms with Gasteiger partial charge < -0.3 is 10.8 Å². The van der Waals surface area contributed by atoms with Gasteiger partial charge in [0.05, 0.1) is 17.2 Å². The van der Waals surface area contributed by atoms with Crippen molar-refractivity contribution < 1.29 is 13.5 Å². The summed E-state index contributed by atoms with van der Waals surface area (Å²) >= 11 is 0. The van der Waals surface area contributed by atoms with Gasteiger partial charge in [0.15, 0.2) is 9.84 Å². The molecular formula is C12H18N2O3S. The number of nitrogens with two attached hydrogens (primary N) is 1. The highest BCUT2D eigenvalue weighted by molar-refractivity contribution is 7.91. The maximum atomic E-state index is 11.5. The van der Waals surface area contributed by atoms with Crippen LogP contribution in [0.5, 0.6) is 5.75 Å². The van der Waals surface area contributed by atoms with E-state index in [9.17, 15) is 13.5 Å². The number of hydrogen-bond acceptors (Lipinski definition) is 5. The van der Waals surface area contributed by atoms with Gasteiger partial charge in [0.1, 0.15) is 5.75 Å². The highest BCUT2D eigenvalue weighted by Gasteiger charge is 2.19. The van der Waals surface area contributed by atoms with Gasteiger partial charge >= 0.3 is 0 Å². The summed E-state index contributed by atoms with van der Waals surface area (Å²) in [5.74, 6) is 0.583. The van der Waals surface area contributed by atoms with E-state index in [0.717, 1.165) is 12.1 Å². The Bertz CT molecular complexity index is 528. The summed E-state index contributed by atoms with van der Waals surface area (Å²) in [5.41, 5.74) is 6.98. The van der Waals surface area contributed by atoms with Crippen molar-refractivity contribution in [2.24, 2.45) is 0 Å². The zero-order valence-corrected chi connectivity index (χ0v) is 11.0. The fraction of sp³-hybridized carbons (Fsp3) is 0.500. The average Bonchev–Trinajstić information content (AvgIpc) is 2.46. The Morgan fingerprint density at radius 3 is 2.78 bits per heavy atom. The minimum atomic E-state index is -2.87. The predicted molar refractivity (Wildman–Crippen MR) is 71.1 cm³/mol. The molecule has 0 aromatic heterocycles. The molecule has 0 atom stereocenters. The van der Waals surface area contributed by atoms with Crippen LogP contribution in [0.25, 0.3) is 0 Å². The lowest BCUT2D eigenvalue weighted by atomic mass is 10.1. The van der Waals surface area contributed by atoms with Crippen LogP contribution < -0.4 is 5.73 Å². The fourth-order valence-corrected chi connectivity index (χ4v) is 3.42. The lowest BCUT2D eigenvalue weighted by Crippen LogP contribution is -2.26. The van der Waals surface area contributed by atoms with Crippen LogP contribution in [0.4, 0.5) is 5.69 Å². The maximum Gasteiger partial charge on any atom is 0.151 e. The number of anilines is 1. The molecule has 100 valence electrons. The summed E-state index contributed by atoms with van der Waals surface area (Å²) in [6, 6.07) is 5.11. The monoisotopic (exact) mass is 270 g/mol. The molecule has 6 heteroatoms. The van der Waals surface area contributed by atoms with Crippen LogP contribution in [0, 0.1) is 0 Å². The Hall–Kier alpha value is -1.27. The van der Waals surface area contributed by atoms with Crippen LogP contribution in [0.2, 0.25) is 0 Å². The van der Waals surface area contributed by atoms with E-state index in [1.54, 1.807) is 12.1 Å². The van der Waals surface area contributed by atoms with Crippen LogP contribution in [0.3, 0.4) is 0 Å². The zero-order valence-electron chi connectivity index (χ0n) is 10.2. The first-order valence-corrected chi connectivity index (χ1v) is 7.78. The van der Waals surface area contributed by atoms with Gasteiger partial charge in [-0.25, -0.2) is 8.42 Å². The summed E-state index contributed by atoms with van der Waals surface area (Å²) < 4.78 is 23.0. The van der Waals surface area contributed by atoms with E-state index in [0.29, 0.717) is 25.2 Å². The molecule has 3 N–H and O–H groups in total. The van der Waals surface area contributed by atoms with E-state index in [1.807, 2.05) is 6.07 Å². The lowest BCUT2D eigenvalue weighted by Gasteiger charge is -2.19. The van der Waals surface area contributed by atoms with Gasteiger partial charge in [-0.05, 0) is 30.7 Å². The largest absolute Gasteiger partial charge is 0.506 e. The van der Waals surface area contributed by atoms with E-state index in [-0.39, 0.29) is 17.3 Å². The van der Waals surface area contributed by atoms with Crippen molar-refractivity contribution in [3.8, 4) is 5.75 Å². The van der Waals surface area contributed by atoms with Crippen LogP contribution in [-0.4, -0.2) is 43.0 Å². The number of hydrogen-bond donors (Lipinski definition) is 2. The van der Waals surface area contributed by atoms with Crippen molar-refractivity contribution in [1.82, 2.24) is 4.90 Å². The van der Waals surface area contributed by atoms with Crippen molar-refractivity contribution in [2.75, 3.05) is 30.3 Å². The smallest absolute Gasteiger partial charge is 0.151 e. The van der Waals surface area contributed by atoms with Gasteiger partial charge in [-0.2, -0.15) is 0 Å². The van der Waals surface area contributed by atoms with E-state index < -0.39 is 9.84 Å². The summed E-state index contributed by atoms with van der Waals surface area (Å²) in [6.07, 6.45) is 0.676. The Balaban J connectivity index is 2.03. The fourth-order valence-electron chi connectivity index (χ4n) is 2.11. The minimum absolute atomic E-state index is 0.0807. The summed E-state index contributed by atoms with van der Waals surface area (Å²) in [7, 11) is -2.87. The van der Waals surface area contributed by atoms with Crippen molar-refractivity contribution in [3.63, 3.8) is 0 Å². The summed E-state index contributed by atoms with van der Waals surface area (Å²) in [5, 5.41) is 9.35. The van der Waals surface area contributed by atoms with Crippen LogP contribution in [-0.2, 0) is 16.4 Å². The van der Waals surface area contributed by atoms with Gasteiger partial charge in [-0.15, -0.1) is 0 Å². The van der Waals surface area contributed by atoms with Crippen LogP contribution >= 0.6 is 0 Å². The molecule has 0 radical (unpaired) electrons. The minimum Gasteiger partial charge on any atom is -0.506 e. The number of rotatable bonds is 2. The number of phenolic OH excluding ortho intramolecular Hbond substituents is 1. The molecular weight excluding hydrogens is 252 g/mol. The van der Waals surface area contributed by atoms with E-state index in [2.05, 4.69) is 4.90 Å². The Labute approximate surface area is 107 Å². The molecule has 1 aliphatic heterocycles. The third-order valence-electron chi connectivity index (χ3n) is 3.15. The molecule has 1 fully saturated rings. The van der Waals surface area contributed by atoms with E-state index in [4.69, 9.17) is 5.73 Å². The maximum absolute atomic E-state index is 11.5. The summed E-state index contributed by atoms with van der Waals surface area (Å²) in [6.45, 7) is 2.00. The first kappa shape index (κ1) is 13.2. The molecule has 2 rings (SSSR count). The number of aromatic hydroxyl groups is 1. The number of benzene rings is 1. The topological polar surface area (TPSA) is 83.6 Å². The van der Waals surface area contributed by atoms with Crippen molar-refractivity contribution in [1.29, 1.82) is 0 Å². The van der Waals surface area contributed by atoms with Gasteiger partial charge in [-0.1, -0.05) is 6.07 Å². The molecule has 1 aromatic rings. The van der Waals surface area contributed by atoms with Gasteiger partial charge in [0.2, 0.25) is 0 Å². The highest BCUT2D eigenvalue weighted by atomic mass is 32.2. The first-order valence-electron chi connectivity index (χ1n) is 5.96. The zero-order chi connectivity index (χ0) is 13.2. The van der Waals surface area contributed by atoms with Crippen LogP contribution in [0.1, 0.15) is 12.0 Å². The molecule has 1 heterocycles.